The van der Waals surface area contributed by atoms with Crippen LogP contribution >= 0.6 is 0 Å². The number of benzene rings is 2. The van der Waals surface area contributed by atoms with Gasteiger partial charge in [0.2, 0.25) is 0 Å². The second kappa shape index (κ2) is 8.87. The summed E-state index contributed by atoms with van der Waals surface area (Å²) in [5.41, 5.74) is 5.30. The van der Waals surface area contributed by atoms with Crippen LogP contribution in [0.1, 0.15) is 27.3 Å². The summed E-state index contributed by atoms with van der Waals surface area (Å²) in [6, 6.07) is 11.0. The van der Waals surface area contributed by atoms with Gasteiger partial charge >= 0.3 is 6.18 Å². The fourth-order valence-corrected chi connectivity index (χ4v) is 3.24. The van der Waals surface area contributed by atoms with E-state index < -0.39 is 29.3 Å². The molecule has 2 aromatic carbocycles. The standard InChI is InChI=1S/C22H18F4N6O/c23-17-5-4-15(12-31-7-6-28-13-31)9-18(17)29-21(33)19-10-20(22(24,25)26)30-32(19)16-3-1-2-14(8-16)11-27/h1-10,13H,11-12,27H2,(H,29,33). The van der Waals surface area contributed by atoms with Crippen molar-refractivity contribution in [2.24, 2.45) is 5.73 Å². The third-order valence-corrected chi connectivity index (χ3v) is 4.83. The van der Waals surface area contributed by atoms with Crippen LogP contribution in [0.25, 0.3) is 5.69 Å². The topological polar surface area (TPSA) is 90.8 Å². The molecule has 3 N–H and O–H groups in total. The van der Waals surface area contributed by atoms with Crippen molar-refractivity contribution in [3.05, 3.63) is 95.6 Å². The molecule has 0 saturated carbocycles. The molecule has 0 unspecified atom stereocenters. The number of carbonyl (C=O) groups is 1. The maximum absolute atomic E-state index is 14.4. The van der Waals surface area contributed by atoms with E-state index in [2.05, 4.69) is 15.4 Å². The van der Waals surface area contributed by atoms with Crippen molar-refractivity contribution in [1.82, 2.24) is 19.3 Å². The van der Waals surface area contributed by atoms with Crippen LogP contribution in [0.4, 0.5) is 23.2 Å². The van der Waals surface area contributed by atoms with Gasteiger partial charge in [0.1, 0.15) is 11.5 Å². The van der Waals surface area contributed by atoms with Crippen LogP contribution < -0.4 is 11.1 Å². The average Bonchev–Trinajstić information content (AvgIpc) is 3.46. The predicted octanol–water partition coefficient (Wildman–Crippen LogP) is 3.99. The molecule has 0 aliphatic rings. The summed E-state index contributed by atoms with van der Waals surface area (Å²) in [6.45, 7) is 0.517. The van der Waals surface area contributed by atoms with E-state index in [0.717, 1.165) is 4.68 Å². The summed E-state index contributed by atoms with van der Waals surface area (Å²) >= 11 is 0. The van der Waals surface area contributed by atoms with Gasteiger partial charge in [-0.3, -0.25) is 4.79 Å². The second-order valence-corrected chi connectivity index (χ2v) is 7.20. The number of nitrogens with two attached hydrogens (primary N) is 1. The van der Waals surface area contributed by atoms with Gasteiger partial charge in [-0.15, -0.1) is 0 Å². The summed E-state index contributed by atoms with van der Waals surface area (Å²) < 4.78 is 57.0. The minimum absolute atomic E-state index is 0.150. The number of anilines is 1. The van der Waals surface area contributed by atoms with Crippen molar-refractivity contribution in [2.45, 2.75) is 19.3 Å². The van der Waals surface area contributed by atoms with E-state index in [4.69, 9.17) is 5.73 Å². The van der Waals surface area contributed by atoms with Crippen LogP contribution in [0, 0.1) is 5.82 Å². The Kier molecular flexibility index (Phi) is 5.97. The Morgan fingerprint density at radius 2 is 1.91 bits per heavy atom. The molecule has 7 nitrogen and oxygen atoms in total. The lowest BCUT2D eigenvalue weighted by atomic mass is 10.1. The van der Waals surface area contributed by atoms with Gasteiger partial charge in [-0.05, 0) is 35.4 Å². The van der Waals surface area contributed by atoms with Crippen molar-refractivity contribution >= 4 is 11.6 Å². The van der Waals surface area contributed by atoms with Crippen LogP contribution in [0.15, 0.2) is 67.3 Å². The van der Waals surface area contributed by atoms with Crippen LogP contribution in [0.3, 0.4) is 0 Å². The van der Waals surface area contributed by atoms with Crippen LogP contribution in [-0.2, 0) is 19.3 Å². The van der Waals surface area contributed by atoms with E-state index in [-0.39, 0.29) is 17.9 Å². The van der Waals surface area contributed by atoms with Gasteiger partial charge < -0.3 is 15.6 Å². The highest BCUT2D eigenvalue weighted by molar-refractivity contribution is 6.03. The molecule has 0 fully saturated rings. The number of aromatic nitrogens is 4. The van der Waals surface area contributed by atoms with Gasteiger partial charge in [0, 0.05) is 31.5 Å². The molecule has 33 heavy (non-hydrogen) atoms. The summed E-state index contributed by atoms with van der Waals surface area (Å²) in [6.07, 6.45) is 0.107. The Hall–Kier alpha value is -3.99. The molecular formula is C22H18F4N6O. The zero-order valence-electron chi connectivity index (χ0n) is 17.1. The van der Waals surface area contributed by atoms with E-state index >= 15 is 0 Å². The highest BCUT2D eigenvalue weighted by Crippen LogP contribution is 2.30. The minimum Gasteiger partial charge on any atom is -0.333 e. The number of hydrogen-bond acceptors (Lipinski definition) is 4. The van der Waals surface area contributed by atoms with Crippen molar-refractivity contribution in [1.29, 1.82) is 0 Å². The van der Waals surface area contributed by atoms with Crippen molar-refractivity contribution in [2.75, 3.05) is 5.32 Å². The molecule has 1 amide bonds. The monoisotopic (exact) mass is 458 g/mol. The van der Waals surface area contributed by atoms with Crippen molar-refractivity contribution in [3.63, 3.8) is 0 Å². The number of halogens is 4. The Bertz CT molecular complexity index is 1280. The lowest BCUT2D eigenvalue weighted by Crippen LogP contribution is -2.18. The van der Waals surface area contributed by atoms with Gasteiger partial charge in [-0.25, -0.2) is 14.1 Å². The molecule has 11 heteroatoms. The molecule has 0 aliphatic carbocycles. The number of amides is 1. The zero-order valence-corrected chi connectivity index (χ0v) is 17.1. The van der Waals surface area contributed by atoms with E-state index in [1.54, 1.807) is 35.4 Å². The van der Waals surface area contributed by atoms with E-state index in [1.165, 1.54) is 30.3 Å². The maximum Gasteiger partial charge on any atom is 0.435 e. The number of rotatable bonds is 6. The first-order valence-corrected chi connectivity index (χ1v) is 9.77. The first-order chi connectivity index (χ1) is 15.7. The fourth-order valence-electron chi connectivity index (χ4n) is 3.24. The molecule has 0 aliphatic heterocycles. The smallest absolute Gasteiger partial charge is 0.333 e. The largest absolute Gasteiger partial charge is 0.435 e. The van der Waals surface area contributed by atoms with Crippen molar-refractivity contribution < 1.29 is 22.4 Å². The molecule has 0 spiro atoms. The molecule has 2 aromatic heterocycles. The van der Waals surface area contributed by atoms with E-state index in [1.807, 2.05) is 0 Å². The highest BCUT2D eigenvalue weighted by atomic mass is 19.4. The summed E-state index contributed by atoms with van der Waals surface area (Å²) in [4.78, 5) is 16.9. The molecule has 0 bridgehead atoms. The van der Waals surface area contributed by atoms with Gasteiger partial charge in [0.15, 0.2) is 5.69 Å². The molecule has 4 rings (SSSR count). The fraction of sp³-hybridized carbons (Fsp3) is 0.136. The number of imidazole rings is 1. The lowest BCUT2D eigenvalue weighted by Gasteiger charge is -2.11. The average molecular weight is 458 g/mol. The first kappa shape index (κ1) is 22.2. The normalized spacial score (nSPS) is 11.5. The number of carbonyl (C=O) groups excluding carboxylic acids is 1. The third kappa shape index (κ3) is 4.93. The second-order valence-electron chi connectivity index (χ2n) is 7.20. The summed E-state index contributed by atoms with van der Waals surface area (Å²) in [7, 11) is 0. The third-order valence-electron chi connectivity index (χ3n) is 4.83. The highest BCUT2D eigenvalue weighted by Gasteiger charge is 2.36. The molecule has 170 valence electrons. The quantitative estimate of drug-likeness (QED) is 0.428. The SMILES string of the molecule is NCc1cccc(-n2nc(C(F)(F)F)cc2C(=O)Nc2cc(Cn3ccnc3)ccc2F)c1. The minimum atomic E-state index is -4.78. The molecular weight excluding hydrogens is 440 g/mol. The molecule has 4 aromatic rings. The van der Waals surface area contributed by atoms with Gasteiger partial charge in [0.05, 0.1) is 17.7 Å². The Morgan fingerprint density at radius 3 is 2.61 bits per heavy atom. The molecule has 0 radical (unpaired) electrons. The summed E-state index contributed by atoms with van der Waals surface area (Å²) in [5.74, 6) is -1.68. The Labute approximate surface area is 185 Å². The molecule has 0 saturated heterocycles. The van der Waals surface area contributed by atoms with Crippen LogP contribution in [-0.4, -0.2) is 25.2 Å². The first-order valence-electron chi connectivity index (χ1n) is 9.77. The van der Waals surface area contributed by atoms with E-state index in [9.17, 15) is 22.4 Å². The van der Waals surface area contributed by atoms with Gasteiger partial charge in [-0.1, -0.05) is 18.2 Å². The number of nitrogens with zero attached hydrogens (tertiary/aromatic N) is 4. The van der Waals surface area contributed by atoms with Crippen LogP contribution in [0.2, 0.25) is 0 Å². The van der Waals surface area contributed by atoms with Crippen molar-refractivity contribution in [3.8, 4) is 5.69 Å². The molecule has 0 atom stereocenters. The van der Waals surface area contributed by atoms with Gasteiger partial charge in [-0.2, -0.15) is 18.3 Å². The van der Waals surface area contributed by atoms with Crippen LogP contribution in [0.5, 0.6) is 0 Å². The number of hydrogen-bond donors (Lipinski definition) is 2. The lowest BCUT2D eigenvalue weighted by molar-refractivity contribution is -0.141. The number of nitrogens with one attached hydrogen (secondary N) is 1. The number of alkyl halides is 3. The Morgan fingerprint density at radius 1 is 1.09 bits per heavy atom. The van der Waals surface area contributed by atoms with E-state index in [0.29, 0.717) is 23.7 Å². The predicted molar refractivity (Wildman–Crippen MR) is 112 cm³/mol. The summed E-state index contributed by atoms with van der Waals surface area (Å²) in [5, 5.41) is 5.92. The van der Waals surface area contributed by atoms with Gasteiger partial charge in [0.25, 0.3) is 5.91 Å². The maximum atomic E-state index is 14.4. The Balaban J connectivity index is 1.68. The zero-order chi connectivity index (χ0) is 23.6. The molecule has 2 heterocycles.